The molecule has 0 aliphatic carbocycles. The smallest absolute Gasteiger partial charge is 0.171 e. The average Bonchev–Trinajstić information content (AvgIpc) is 2.71. The highest BCUT2D eigenvalue weighted by molar-refractivity contribution is 14.1. The predicted octanol–water partition coefficient (Wildman–Crippen LogP) is 5.18. The van der Waals surface area contributed by atoms with Gasteiger partial charge in [-0.2, -0.15) is 0 Å². The topological polar surface area (TPSA) is 25.8 Å². The fraction of sp³-hybridized carbons (Fsp3) is 0.273. The Hall–Kier alpha value is 0.280. The van der Waals surface area contributed by atoms with Crippen molar-refractivity contribution in [3.63, 3.8) is 0 Å². The second-order valence-corrected chi connectivity index (χ2v) is 6.74. The quantitative estimate of drug-likeness (QED) is 0.483. The molecular formula is C11H9BrClIN2S. The molecule has 17 heavy (non-hydrogen) atoms. The number of rotatable bonds is 3. The normalized spacial score (nSPS) is 10.8. The van der Waals surface area contributed by atoms with Gasteiger partial charge in [0.05, 0.1) is 14.1 Å². The zero-order valence-electron chi connectivity index (χ0n) is 9.01. The van der Waals surface area contributed by atoms with Crippen LogP contribution in [0.4, 0.5) is 0 Å². The van der Waals surface area contributed by atoms with E-state index >= 15 is 0 Å². The van der Waals surface area contributed by atoms with Crippen molar-refractivity contribution in [1.29, 1.82) is 0 Å². The second kappa shape index (κ2) is 5.95. The molecule has 2 rings (SSSR count). The van der Waals surface area contributed by atoms with E-state index in [4.69, 9.17) is 11.6 Å². The third kappa shape index (κ3) is 3.19. The maximum atomic E-state index is 6.15. The lowest BCUT2D eigenvalue weighted by atomic mass is 10.2. The lowest BCUT2D eigenvalue weighted by Gasteiger charge is -2.06. The van der Waals surface area contributed by atoms with Gasteiger partial charge in [0, 0.05) is 9.85 Å². The van der Waals surface area contributed by atoms with Gasteiger partial charge in [-0.25, -0.2) is 9.97 Å². The number of aryl methyl sites for hydroxylation is 1. The van der Waals surface area contributed by atoms with Gasteiger partial charge in [0.15, 0.2) is 5.82 Å². The molecule has 0 spiro atoms. The lowest BCUT2D eigenvalue weighted by Crippen LogP contribution is -1.99. The molecule has 0 unspecified atom stereocenters. The van der Waals surface area contributed by atoms with Crippen molar-refractivity contribution in [1.82, 2.24) is 9.97 Å². The van der Waals surface area contributed by atoms with Crippen LogP contribution in [0.3, 0.4) is 0 Å². The first-order valence-corrected chi connectivity index (χ1v) is 8.21. The molecule has 2 aromatic rings. The summed E-state index contributed by atoms with van der Waals surface area (Å²) in [5.41, 5.74) is 1.03. The molecule has 0 saturated heterocycles. The van der Waals surface area contributed by atoms with E-state index < -0.39 is 0 Å². The third-order valence-electron chi connectivity index (χ3n) is 2.15. The molecule has 0 aliphatic heterocycles. The summed E-state index contributed by atoms with van der Waals surface area (Å²) in [5.74, 6) is 0.717. The number of thiophene rings is 1. The predicted molar refractivity (Wildman–Crippen MR) is 84.8 cm³/mol. The Labute approximate surface area is 131 Å². The first kappa shape index (κ1) is 13.7. The van der Waals surface area contributed by atoms with E-state index in [0.29, 0.717) is 5.15 Å². The Morgan fingerprint density at radius 2 is 2.24 bits per heavy atom. The maximum absolute atomic E-state index is 6.15. The van der Waals surface area contributed by atoms with E-state index in [2.05, 4.69) is 55.4 Å². The average molecular weight is 444 g/mol. The van der Waals surface area contributed by atoms with Gasteiger partial charge < -0.3 is 0 Å². The van der Waals surface area contributed by atoms with Crippen LogP contribution in [0.2, 0.25) is 5.15 Å². The summed E-state index contributed by atoms with van der Waals surface area (Å²) in [6.07, 6.45) is 1.98. The fourth-order valence-corrected chi connectivity index (χ4v) is 3.47. The summed E-state index contributed by atoms with van der Waals surface area (Å²) in [6, 6.07) is 2.01. The Bertz CT molecular complexity index is 544. The minimum Gasteiger partial charge on any atom is -0.231 e. The van der Waals surface area contributed by atoms with Crippen molar-refractivity contribution in [3.8, 4) is 10.7 Å². The molecule has 90 valence electrons. The van der Waals surface area contributed by atoms with Crippen molar-refractivity contribution < 1.29 is 0 Å². The Morgan fingerprint density at radius 1 is 1.47 bits per heavy atom. The van der Waals surface area contributed by atoms with Crippen molar-refractivity contribution in [2.24, 2.45) is 0 Å². The standard InChI is InChI=1S/C11H9BrClIN2S/c1-2-3-7-9(14)10(13)16-11(15-7)8-4-6(12)5-17-8/h4-5H,2-3H2,1H3. The van der Waals surface area contributed by atoms with Gasteiger partial charge in [0.25, 0.3) is 0 Å². The fourth-order valence-electron chi connectivity index (χ4n) is 1.41. The van der Waals surface area contributed by atoms with Crippen LogP contribution >= 0.6 is 61.5 Å². The van der Waals surface area contributed by atoms with E-state index in [1.165, 1.54) is 0 Å². The van der Waals surface area contributed by atoms with Crippen LogP contribution in [0.1, 0.15) is 19.0 Å². The lowest BCUT2D eigenvalue weighted by molar-refractivity contribution is 0.868. The molecule has 0 aliphatic rings. The first-order valence-electron chi connectivity index (χ1n) is 5.08. The molecule has 0 atom stereocenters. The number of aromatic nitrogens is 2. The zero-order valence-corrected chi connectivity index (χ0v) is 14.3. The van der Waals surface area contributed by atoms with Crippen LogP contribution in [0.25, 0.3) is 10.7 Å². The zero-order chi connectivity index (χ0) is 12.4. The number of hydrogen-bond acceptors (Lipinski definition) is 3. The van der Waals surface area contributed by atoms with Crippen LogP contribution in [0.5, 0.6) is 0 Å². The molecule has 0 aromatic carbocycles. The molecule has 2 nitrogen and oxygen atoms in total. The van der Waals surface area contributed by atoms with Gasteiger partial charge in [-0.05, 0) is 51.0 Å². The third-order valence-corrected chi connectivity index (χ3v) is 5.57. The molecule has 0 radical (unpaired) electrons. The highest BCUT2D eigenvalue weighted by Crippen LogP contribution is 2.30. The molecule has 2 aromatic heterocycles. The van der Waals surface area contributed by atoms with Crippen molar-refractivity contribution in [2.45, 2.75) is 19.8 Å². The molecule has 0 amide bonds. The minimum atomic E-state index is 0.545. The van der Waals surface area contributed by atoms with E-state index in [9.17, 15) is 0 Å². The number of halogens is 3. The van der Waals surface area contributed by atoms with Crippen LogP contribution in [0.15, 0.2) is 15.9 Å². The van der Waals surface area contributed by atoms with E-state index in [1.807, 2.05) is 11.4 Å². The Morgan fingerprint density at radius 3 is 2.82 bits per heavy atom. The first-order chi connectivity index (χ1) is 8.11. The Balaban J connectivity index is 2.48. The highest BCUT2D eigenvalue weighted by atomic mass is 127. The van der Waals surface area contributed by atoms with Gasteiger partial charge in [0.2, 0.25) is 0 Å². The molecule has 0 fully saturated rings. The van der Waals surface area contributed by atoms with Gasteiger partial charge in [-0.1, -0.05) is 24.9 Å². The second-order valence-electron chi connectivity index (χ2n) is 3.48. The summed E-state index contributed by atoms with van der Waals surface area (Å²) in [7, 11) is 0. The van der Waals surface area contributed by atoms with Crippen LogP contribution in [0, 0.1) is 3.57 Å². The molecule has 0 saturated carbocycles. The van der Waals surface area contributed by atoms with Crippen LogP contribution < -0.4 is 0 Å². The summed E-state index contributed by atoms with van der Waals surface area (Å²) in [6.45, 7) is 2.13. The summed E-state index contributed by atoms with van der Waals surface area (Å²) in [5, 5.41) is 2.56. The van der Waals surface area contributed by atoms with Gasteiger partial charge in [-0.15, -0.1) is 11.3 Å². The summed E-state index contributed by atoms with van der Waals surface area (Å²) in [4.78, 5) is 9.96. The van der Waals surface area contributed by atoms with Crippen LogP contribution in [-0.2, 0) is 6.42 Å². The van der Waals surface area contributed by atoms with Crippen molar-refractivity contribution >= 4 is 61.5 Å². The molecular weight excluding hydrogens is 434 g/mol. The van der Waals surface area contributed by atoms with Crippen LogP contribution in [-0.4, -0.2) is 9.97 Å². The summed E-state index contributed by atoms with van der Waals surface area (Å²) < 4.78 is 2.01. The van der Waals surface area contributed by atoms with E-state index in [1.54, 1.807) is 11.3 Å². The summed E-state index contributed by atoms with van der Waals surface area (Å²) >= 11 is 13.4. The monoisotopic (exact) mass is 442 g/mol. The van der Waals surface area contributed by atoms with E-state index in [-0.39, 0.29) is 0 Å². The van der Waals surface area contributed by atoms with Crippen molar-refractivity contribution in [3.05, 3.63) is 30.3 Å². The van der Waals surface area contributed by atoms with E-state index in [0.717, 1.165) is 37.3 Å². The molecule has 6 heteroatoms. The number of hydrogen-bond donors (Lipinski definition) is 0. The highest BCUT2D eigenvalue weighted by Gasteiger charge is 2.12. The molecule has 0 N–H and O–H groups in total. The molecule has 2 heterocycles. The molecule has 0 bridgehead atoms. The largest absolute Gasteiger partial charge is 0.231 e. The number of nitrogens with zero attached hydrogens (tertiary/aromatic N) is 2. The van der Waals surface area contributed by atoms with Gasteiger partial charge >= 0.3 is 0 Å². The SMILES string of the molecule is CCCc1nc(-c2cc(Br)cs2)nc(Cl)c1I. The van der Waals surface area contributed by atoms with Gasteiger partial charge in [-0.3, -0.25) is 0 Å². The van der Waals surface area contributed by atoms with Gasteiger partial charge in [0.1, 0.15) is 5.15 Å². The minimum absolute atomic E-state index is 0.545. The Kier molecular flexibility index (Phi) is 4.80. The van der Waals surface area contributed by atoms with Crippen molar-refractivity contribution in [2.75, 3.05) is 0 Å². The maximum Gasteiger partial charge on any atom is 0.171 e.